The third kappa shape index (κ3) is 10.1. The molecule has 12 heteroatoms. The standard InChI is InChI=1S/C36H43N5O7/c1-36(2,3)40-33(45)29-19-25-16-10-11-17-26(25)21-41(29)34(46)31(43)27(18-23-12-6-4-7-13-23)38-32(44)28(20-30(37)42)39-35(47)48-22-24-14-8-5-9-15-24/h4-17,27-29,31,43H,18-22H2,1-3H3,(H2,37,42)(H,38,44)(H,39,47)(H,40,45)/t27-,28-,29?,31-/m0/s1. The zero-order valence-corrected chi connectivity index (χ0v) is 27.3. The van der Waals surface area contributed by atoms with Crippen LogP contribution in [0.5, 0.6) is 0 Å². The molecule has 0 fully saturated rings. The first-order chi connectivity index (χ1) is 22.8. The molecular weight excluding hydrogens is 614 g/mol. The number of primary amides is 1. The number of alkyl carbamates (subject to hydrolysis) is 1. The van der Waals surface area contributed by atoms with Crippen LogP contribution in [0.15, 0.2) is 84.9 Å². The van der Waals surface area contributed by atoms with E-state index in [-0.39, 0.29) is 31.9 Å². The van der Waals surface area contributed by atoms with E-state index in [9.17, 15) is 29.1 Å². The number of nitrogens with zero attached hydrogens (tertiary/aromatic N) is 1. The van der Waals surface area contributed by atoms with Gasteiger partial charge in [-0.1, -0.05) is 84.9 Å². The summed E-state index contributed by atoms with van der Waals surface area (Å²) in [6, 6.07) is 21.6. The van der Waals surface area contributed by atoms with Gasteiger partial charge in [0.15, 0.2) is 6.10 Å². The molecule has 1 unspecified atom stereocenters. The lowest BCUT2D eigenvalue weighted by atomic mass is 9.91. The molecule has 0 aliphatic carbocycles. The van der Waals surface area contributed by atoms with Crippen molar-refractivity contribution in [2.75, 3.05) is 0 Å². The molecule has 1 aliphatic heterocycles. The first kappa shape index (κ1) is 35.6. The number of fused-ring (bicyclic) bond motifs is 1. The number of rotatable bonds is 12. The van der Waals surface area contributed by atoms with E-state index in [1.54, 1.807) is 54.6 Å². The molecule has 0 saturated carbocycles. The van der Waals surface area contributed by atoms with Crippen molar-refractivity contribution in [1.29, 1.82) is 0 Å². The van der Waals surface area contributed by atoms with Crippen LogP contribution in [0.25, 0.3) is 0 Å². The molecule has 1 aliphatic rings. The zero-order valence-electron chi connectivity index (χ0n) is 27.3. The Labute approximate surface area is 280 Å². The number of hydrogen-bond donors (Lipinski definition) is 5. The predicted molar refractivity (Wildman–Crippen MR) is 178 cm³/mol. The summed E-state index contributed by atoms with van der Waals surface area (Å²) in [5.74, 6) is -2.86. The van der Waals surface area contributed by atoms with Crippen molar-refractivity contribution in [3.05, 3.63) is 107 Å². The van der Waals surface area contributed by atoms with Crippen molar-refractivity contribution in [2.45, 2.75) is 83.0 Å². The Bertz CT molecular complexity index is 1590. The topological polar surface area (TPSA) is 180 Å². The van der Waals surface area contributed by atoms with Crippen LogP contribution >= 0.6 is 0 Å². The summed E-state index contributed by atoms with van der Waals surface area (Å²) in [7, 11) is 0. The zero-order chi connectivity index (χ0) is 34.8. The van der Waals surface area contributed by atoms with Crippen LogP contribution < -0.4 is 21.7 Å². The van der Waals surface area contributed by atoms with Gasteiger partial charge in [-0.05, 0) is 49.4 Å². The van der Waals surface area contributed by atoms with Crippen LogP contribution in [0.3, 0.4) is 0 Å². The second kappa shape index (κ2) is 16.1. The minimum absolute atomic E-state index is 0.0184. The number of amides is 5. The molecule has 0 bridgehead atoms. The van der Waals surface area contributed by atoms with Crippen LogP contribution in [-0.2, 0) is 49.9 Å². The fourth-order valence-electron chi connectivity index (χ4n) is 5.49. The summed E-state index contributed by atoms with van der Waals surface area (Å²) >= 11 is 0. The largest absolute Gasteiger partial charge is 0.445 e. The fraction of sp³-hybridized carbons (Fsp3) is 0.361. The van der Waals surface area contributed by atoms with E-state index in [1.807, 2.05) is 51.1 Å². The van der Waals surface area contributed by atoms with E-state index in [0.29, 0.717) is 11.1 Å². The Morgan fingerprint density at radius 3 is 2.06 bits per heavy atom. The summed E-state index contributed by atoms with van der Waals surface area (Å²) in [6.45, 7) is 5.50. The van der Waals surface area contributed by atoms with E-state index < -0.39 is 60.0 Å². The fourth-order valence-corrected chi connectivity index (χ4v) is 5.49. The van der Waals surface area contributed by atoms with Crippen LogP contribution in [0, 0.1) is 0 Å². The van der Waals surface area contributed by atoms with Crippen molar-refractivity contribution in [1.82, 2.24) is 20.9 Å². The minimum atomic E-state index is -1.80. The number of aliphatic hydroxyl groups is 1. The maximum atomic E-state index is 14.1. The minimum Gasteiger partial charge on any atom is -0.445 e. The molecule has 5 amide bonds. The van der Waals surface area contributed by atoms with E-state index in [4.69, 9.17) is 10.5 Å². The molecule has 3 aromatic carbocycles. The lowest BCUT2D eigenvalue weighted by Crippen LogP contribution is -2.61. The van der Waals surface area contributed by atoms with Crippen LogP contribution in [-0.4, -0.2) is 69.5 Å². The number of ether oxygens (including phenoxy) is 1. The van der Waals surface area contributed by atoms with Crippen molar-refractivity contribution >= 4 is 29.7 Å². The molecular formula is C36H43N5O7. The highest BCUT2D eigenvalue weighted by Gasteiger charge is 2.41. The van der Waals surface area contributed by atoms with Crippen LogP contribution in [0.2, 0.25) is 0 Å². The van der Waals surface area contributed by atoms with Crippen molar-refractivity contribution in [3.63, 3.8) is 0 Å². The monoisotopic (exact) mass is 657 g/mol. The summed E-state index contributed by atoms with van der Waals surface area (Å²) in [4.78, 5) is 67.1. The lowest BCUT2D eigenvalue weighted by Gasteiger charge is -2.39. The first-order valence-corrected chi connectivity index (χ1v) is 15.8. The number of carbonyl (C=O) groups is 5. The van der Waals surface area contributed by atoms with Gasteiger partial charge in [-0.25, -0.2) is 4.79 Å². The number of aliphatic hydroxyl groups excluding tert-OH is 1. The number of benzene rings is 3. The van der Waals surface area contributed by atoms with E-state index >= 15 is 0 Å². The average molecular weight is 658 g/mol. The van der Waals surface area contributed by atoms with Gasteiger partial charge in [0.1, 0.15) is 18.7 Å². The van der Waals surface area contributed by atoms with Gasteiger partial charge >= 0.3 is 6.09 Å². The van der Waals surface area contributed by atoms with E-state index in [2.05, 4.69) is 16.0 Å². The van der Waals surface area contributed by atoms with Gasteiger partial charge in [0.05, 0.1) is 12.5 Å². The second-order valence-electron chi connectivity index (χ2n) is 12.9. The summed E-state index contributed by atoms with van der Waals surface area (Å²) in [5.41, 5.74) is 7.98. The lowest BCUT2D eigenvalue weighted by molar-refractivity contribution is -0.151. The smallest absolute Gasteiger partial charge is 0.408 e. The molecule has 0 saturated heterocycles. The number of hydrogen-bond acceptors (Lipinski definition) is 7. The van der Waals surface area contributed by atoms with Crippen molar-refractivity contribution < 1.29 is 33.8 Å². The Morgan fingerprint density at radius 1 is 0.875 bits per heavy atom. The Kier molecular flexibility index (Phi) is 11.9. The summed E-state index contributed by atoms with van der Waals surface area (Å²) < 4.78 is 5.22. The van der Waals surface area contributed by atoms with Gasteiger partial charge in [-0.15, -0.1) is 0 Å². The van der Waals surface area contributed by atoms with Gasteiger partial charge in [0.25, 0.3) is 5.91 Å². The maximum absolute atomic E-state index is 14.1. The number of nitrogens with two attached hydrogens (primary N) is 1. The molecule has 12 nitrogen and oxygen atoms in total. The van der Waals surface area contributed by atoms with Gasteiger partial charge < -0.3 is 36.4 Å². The van der Waals surface area contributed by atoms with Crippen LogP contribution in [0.1, 0.15) is 49.4 Å². The Balaban J connectivity index is 1.57. The normalized spacial score (nSPS) is 16.0. The third-order valence-electron chi connectivity index (χ3n) is 7.82. The van der Waals surface area contributed by atoms with Crippen molar-refractivity contribution in [2.24, 2.45) is 5.73 Å². The summed E-state index contributed by atoms with van der Waals surface area (Å²) in [5, 5.41) is 19.6. The number of carbonyl (C=O) groups excluding carboxylic acids is 5. The Morgan fingerprint density at radius 2 is 1.46 bits per heavy atom. The number of nitrogens with one attached hydrogen (secondary N) is 3. The second-order valence-corrected chi connectivity index (χ2v) is 12.9. The summed E-state index contributed by atoms with van der Waals surface area (Å²) in [6.07, 6.45) is -3.07. The van der Waals surface area contributed by atoms with E-state index in [1.165, 1.54) is 4.90 Å². The predicted octanol–water partition coefficient (Wildman–Crippen LogP) is 2.11. The maximum Gasteiger partial charge on any atom is 0.408 e. The van der Waals surface area contributed by atoms with Gasteiger partial charge in [-0.2, -0.15) is 0 Å². The van der Waals surface area contributed by atoms with Gasteiger partial charge in [-0.3, -0.25) is 19.2 Å². The first-order valence-electron chi connectivity index (χ1n) is 15.8. The highest BCUT2D eigenvalue weighted by Crippen LogP contribution is 2.25. The third-order valence-corrected chi connectivity index (χ3v) is 7.82. The molecule has 4 atom stereocenters. The molecule has 6 N–H and O–H groups in total. The van der Waals surface area contributed by atoms with Gasteiger partial charge in [0.2, 0.25) is 17.7 Å². The van der Waals surface area contributed by atoms with Crippen LogP contribution in [0.4, 0.5) is 4.79 Å². The molecule has 0 aromatic heterocycles. The highest BCUT2D eigenvalue weighted by molar-refractivity contribution is 5.93. The van der Waals surface area contributed by atoms with Gasteiger partial charge in [0, 0.05) is 18.5 Å². The molecule has 3 aromatic rings. The van der Waals surface area contributed by atoms with E-state index in [0.717, 1.165) is 11.1 Å². The molecule has 4 rings (SSSR count). The Hall–Kier alpha value is -5.23. The highest BCUT2D eigenvalue weighted by atomic mass is 16.5. The average Bonchev–Trinajstić information content (AvgIpc) is 3.05. The van der Waals surface area contributed by atoms with Crippen molar-refractivity contribution in [3.8, 4) is 0 Å². The quantitative estimate of drug-likeness (QED) is 0.198. The molecule has 48 heavy (non-hydrogen) atoms. The molecule has 0 radical (unpaired) electrons. The molecule has 254 valence electrons. The SMILES string of the molecule is CC(C)(C)NC(=O)C1Cc2ccccc2CN1C(=O)[C@@H](O)[C@H](Cc1ccccc1)NC(=O)[C@H](CC(N)=O)NC(=O)OCc1ccccc1. The molecule has 0 spiro atoms. The molecule has 1 heterocycles.